The van der Waals surface area contributed by atoms with E-state index in [9.17, 15) is 4.79 Å². The predicted molar refractivity (Wildman–Crippen MR) is 59.0 cm³/mol. The zero-order valence-corrected chi connectivity index (χ0v) is 8.95. The zero-order chi connectivity index (χ0) is 11.3. The lowest BCUT2D eigenvalue weighted by Crippen LogP contribution is -2.11. The molecule has 0 amide bonds. The highest BCUT2D eigenvalue weighted by Crippen LogP contribution is 2.17. The number of carbonyl (C=O) groups excluding carboxylic acids is 1. The SMILES string of the molecule is [B]c1ccc(C(=O)OC)c(OCCC)c1. The molecular formula is C11H13BO3. The van der Waals surface area contributed by atoms with Crippen LogP contribution in [-0.4, -0.2) is 27.5 Å². The second kappa shape index (κ2) is 5.44. The van der Waals surface area contributed by atoms with E-state index in [0.717, 1.165) is 6.42 Å². The molecule has 0 bridgehead atoms. The summed E-state index contributed by atoms with van der Waals surface area (Å²) in [6.07, 6.45) is 0.870. The molecule has 0 N–H and O–H groups in total. The van der Waals surface area contributed by atoms with E-state index in [1.54, 1.807) is 18.2 Å². The van der Waals surface area contributed by atoms with Crippen LogP contribution in [0.25, 0.3) is 0 Å². The summed E-state index contributed by atoms with van der Waals surface area (Å²) in [4.78, 5) is 11.4. The number of esters is 1. The van der Waals surface area contributed by atoms with E-state index in [-0.39, 0.29) is 0 Å². The molecule has 0 aliphatic rings. The summed E-state index contributed by atoms with van der Waals surface area (Å²) >= 11 is 0. The van der Waals surface area contributed by atoms with Crippen molar-refractivity contribution in [3.8, 4) is 5.75 Å². The second-order valence-electron chi connectivity index (χ2n) is 3.10. The molecule has 0 unspecified atom stereocenters. The fraction of sp³-hybridized carbons (Fsp3) is 0.364. The van der Waals surface area contributed by atoms with E-state index in [4.69, 9.17) is 12.6 Å². The molecule has 0 aromatic heterocycles. The summed E-state index contributed by atoms with van der Waals surface area (Å²) in [5, 5.41) is 0. The lowest BCUT2D eigenvalue weighted by atomic mass is 9.94. The molecule has 4 heteroatoms. The fourth-order valence-electron chi connectivity index (χ4n) is 1.15. The van der Waals surface area contributed by atoms with E-state index < -0.39 is 5.97 Å². The Morgan fingerprint density at radius 3 is 2.80 bits per heavy atom. The monoisotopic (exact) mass is 204 g/mol. The van der Waals surface area contributed by atoms with E-state index in [1.807, 2.05) is 6.92 Å². The maximum absolute atomic E-state index is 11.4. The minimum atomic E-state index is -0.416. The van der Waals surface area contributed by atoms with Gasteiger partial charge in [-0.3, -0.25) is 0 Å². The van der Waals surface area contributed by atoms with Gasteiger partial charge in [0.1, 0.15) is 19.2 Å². The summed E-state index contributed by atoms with van der Waals surface area (Å²) in [6, 6.07) is 4.87. The van der Waals surface area contributed by atoms with Crippen molar-refractivity contribution in [2.45, 2.75) is 13.3 Å². The van der Waals surface area contributed by atoms with Crippen molar-refractivity contribution >= 4 is 19.3 Å². The van der Waals surface area contributed by atoms with E-state index in [2.05, 4.69) is 4.74 Å². The van der Waals surface area contributed by atoms with Gasteiger partial charge in [-0.05, 0) is 18.6 Å². The van der Waals surface area contributed by atoms with Gasteiger partial charge < -0.3 is 9.47 Å². The number of benzene rings is 1. The Hall–Kier alpha value is -1.45. The summed E-state index contributed by atoms with van der Waals surface area (Å²) in [7, 11) is 6.94. The Bertz CT molecular complexity index is 350. The topological polar surface area (TPSA) is 35.5 Å². The molecule has 1 aromatic rings. The largest absolute Gasteiger partial charge is 0.493 e. The van der Waals surface area contributed by atoms with E-state index in [0.29, 0.717) is 23.4 Å². The smallest absolute Gasteiger partial charge is 0.341 e. The van der Waals surface area contributed by atoms with Gasteiger partial charge in [-0.1, -0.05) is 18.5 Å². The van der Waals surface area contributed by atoms with Crippen LogP contribution in [0.2, 0.25) is 0 Å². The van der Waals surface area contributed by atoms with Crippen molar-refractivity contribution in [1.82, 2.24) is 0 Å². The van der Waals surface area contributed by atoms with Crippen molar-refractivity contribution in [2.24, 2.45) is 0 Å². The molecule has 1 aromatic carbocycles. The molecule has 0 atom stereocenters. The molecule has 0 fully saturated rings. The average molecular weight is 204 g/mol. The maximum Gasteiger partial charge on any atom is 0.341 e. The lowest BCUT2D eigenvalue weighted by molar-refractivity contribution is 0.0596. The molecule has 1 rings (SSSR count). The highest BCUT2D eigenvalue weighted by molar-refractivity contribution is 6.32. The van der Waals surface area contributed by atoms with Gasteiger partial charge >= 0.3 is 5.97 Å². The van der Waals surface area contributed by atoms with Gasteiger partial charge in [0, 0.05) is 0 Å². The number of carbonyl (C=O) groups is 1. The number of methoxy groups -OCH3 is 1. The number of ether oxygens (including phenoxy) is 2. The minimum Gasteiger partial charge on any atom is -0.493 e. The van der Waals surface area contributed by atoms with Crippen LogP contribution in [0, 0.1) is 0 Å². The van der Waals surface area contributed by atoms with Crippen molar-refractivity contribution in [1.29, 1.82) is 0 Å². The molecule has 2 radical (unpaired) electrons. The quantitative estimate of drug-likeness (QED) is 0.543. The molecule has 0 aliphatic heterocycles. The van der Waals surface area contributed by atoms with Crippen LogP contribution in [-0.2, 0) is 4.74 Å². The Morgan fingerprint density at radius 1 is 1.47 bits per heavy atom. The first kappa shape index (κ1) is 11.6. The van der Waals surface area contributed by atoms with Crippen LogP contribution < -0.4 is 10.2 Å². The van der Waals surface area contributed by atoms with Gasteiger partial charge in [-0.2, -0.15) is 0 Å². The van der Waals surface area contributed by atoms with Gasteiger partial charge in [0.2, 0.25) is 0 Å². The molecular weight excluding hydrogens is 191 g/mol. The third-order valence-electron chi connectivity index (χ3n) is 1.87. The van der Waals surface area contributed by atoms with Crippen LogP contribution in [0.15, 0.2) is 18.2 Å². The van der Waals surface area contributed by atoms with Gasteiger partial charge in [-0.25, -0.2) is 4.79 Å². The normalized spacial score (nSPS) is 9.73. The summed E-state index contributed by atoms with van der Waals surface area (Å²) in [5.74, 6) is 0.0600. The Morgan fingerprint density at radius 2 is 2.20 bits per heavy atom. The van der Waals surface area contributed by atoms with Gasteiger partial charge in [-0.15, -0.1) is 0 Å². The van der Waals surface area contributed by atoms with E-state index in [1.165, 1.54) is 7.11 Å². The first-order valence-electron chi connectivity index (χ1n) is 4.79. The van der Waals surface area contributed by atoms with Crippen LogP contribution >= 0.6 is 0 Å². The Kier molecular flexibility index (Phi) is 4.22. The predicted octanol–water partition coefficient (Wildman–Crippen LogP) is 1.06. The molecule has 0 saturated heterocycles. The maximum atomic E-state index is 11.4. The van der Waals surface area contributed by atoms with Gasteiger partial charge in [0.25, 0.3) is 0 Å². The molecule has 78 valence electrons. The zero-order valence-electron chi connectivity index (χ0n) is 8.95. The number of hydrogen-bond donors (Lipinski definition) is 0. The van der Waals surface area contributed by atoms with Gasteiger partial charge in [0.15, 0.2) is 0 Å². The summed E-state index contributed by atoms with van der Waals surface area (Å²) in [5.41, 5.74) is 0.967. The molecule has 0 saturated carbocycles. The third-order valence-corrected chi connectivity index (χ3v) is 1.87. The molecule has 15 heavy (non-hydrogen) atoms. The summed E-state index contributed by atoms with van der Waals surface area (Å²) in [6.45, 7) is 2.54. The van der Waals surface area contributed by atoms with Crippen LogP contribution in [0.1, 0.15) is 23.7 Å². The molecule has 0 aliphatic carbocycles. The lowest BCUT2D eigenvalue weighted by Gasteiger charge is -2.10. The number of hydrogen-bond acceptors (Lipinski definition) is 3. The van der Waals surface area contributed by atoms with Crippen LogP contribution in [0.4, 0.5) is 0 Å². The highest BCUT2D eigenvalue weighted by Gasteiger charge is 2.12. The average Bonchev–Trinajstić information content (AvgIpc) is 2.25. The first-order valence-corrected chi connectivity index (χ1v) is 4.79. The fourth-order valence-corrected chi connectivity index (χ4v) is 1.15. The molecule has 3 nitrogen and oxygen atoms in total. The highest BCUT2D eigenvalue weighted by atomic mass is 16.5. The van der Waals surface area contributed by atoms with Crippen LogP contribution in [0.3, 0.4) is 0 Å². The summed E-state index contributed by atoms with van der Waals surface area (Å²) < 4.78 is 10.0. The van der Waals surface area contributed by atoms with Crippen molar-refractivity contribution in [3.05, 3.63) is 23.8 Å². The Balaban J connectivity index is 2.97. The Labute approximate surface area is 90.8 Å². The minimum absolute atomic E-state index is 0.403. The van der Waals surface area contributed by atoms with Crippen molar-refractivity contribution in [3.63, 3.8) is 0 Å². The van der Waals surface area contributed by atoms with E-state index >= 15 is 0 Å². The number of rotatable bonds is 4. The standard InChI is InChI=1S/C11H13BO3/c1-3-6-15-10-7-8(12)4-5-9(10)11(13)14-2/h4-5,7H,3,6H2,1-2H3. The molecule has 0 heterocycles. The van der Waals surface area contributed by atoms with Crippen molar-refractivity contribution in [2.75, 3.05) is 13.7 Å². The molecule has 0 spiro atoms. The third kappa shape index (κ3) is 3.01. The first-order chi connectivity index (χ1) is 7.19. The van der Waals surface area contributed by atoms with Crippen LogP contribution in [0.5, 0.6) is 5.75 Å². The van der Waals surface area contributed by atoms with Gasteiger partial charge in [0.05, 0.1) is 13.7 Å². The van der Waals surface area contributed by atoms with Crippen molar-refractivity contribution < 1.29 is 14.3 Å². The second-order valence-corrected chi connectivity index (χ2v) is 3.10.